The molecule has 0 aromatic heterocycles. The van der Waals surface area contributed by atoms with Crippen LogP contribution in [0.5, 0.6) is 0 Å². The van der Waals surface area contributed by atoms with E-state index in [4.69, 9.17) is 28.7 Å². The largest absolute Gasteiger partial charge is 0.618 e. The Labute approximate surface area is 247 Å². The Morgan fingerprint density at radius 3 is 1.95 bits per heavy atom. The van der Waals surface area contributed by atoms with Crippen LogP contribution in [0.25, 0.3) is 22.3 Å². The first-order chi connectivity index (χ1) is 20.2. The highest BCUT2D eigenvalue weighted by atomic mass is 16.5. The molecule has 0 bridgehead atoms. The third-order valence-corrected chi connectivity index (χ3v) is 8.53. The number of hydrogen-bond donors (Lipinski definition) is 6. The van der Waals surface area contributed by atoms with E-state index in [0.717, 1.165) is 38.6 Å². The number of nitrogens with one attached hydrogen (secondary N) is 1. The van der Waals surface area contributed by atoms with Gasteiger partial charge < -0.3 is 39.2 Å². The first-order valence-corrected chi connectivity index (χ1v) is 14.6. The number of rotatable bonds is 8. The highest BCUT2D eigenvalue weighted by molar-refractivity contribution is 5.91. The Morgan fingerprint density at radius 2 is 1.33 bits per heavy atom. The highest BCUT2D eigenvalue weighted by Gasteiger charge is 2.22. The molecule has 0 spiro atoms. The first kappa shape index (κ1) is 28.7. The Hall–Kier alpha value is -4.85. The Morgan fingerprint density at radius 1 is 0.738 bits per heavy atom. The molecular weight excluding hydrogens is 522 g/mol. The fourth-order valence-electron chi connectivity index (χ4n) is 6.00. The summed E-state index contributed by atoms with van der Waals surface area (Å²) in [5.74, 6) is 1.46. The van der Waals surface area contributed by atoms with Gasteiger partial charge in [0.25, 0.3) is 0 Å². The molecule has 8 heteroatoms. The van der Waals surface area contributed by atoms with E-state index in [1.807, 2.05) is 30.3 Å². The molecule has 8 nitrogen and oxygen atoms in total. The van der Waals surface area contributed by atoms with Crippen LogP contribution in [0.4, 0.5) is 39.8 Å². The number of nitrogens with zero attached hydrogens (tertiary/aromatic N) is 1. The second-order valence-corrected chi connectivity index (χ2v) is 11.3. The summed E-state index contributed by atoms with van der Waals surface area (Å²) in [5.41, 5.74) is 40.4. The summed E-state index contributed by atoms with van der Waals surface area (Å²) in [5, 5.41) is 15.5. The Kier molecular flexibility index (Phi) is 8.43. The van der Waals surface area contributed by atoms with Gasteiger partial charge in [0, 0.05) is 40.3 Å². The molecule has 0 atom stereocenters. The quantitative estimate of drug-likeness (QED) is 0.0443. The van der Waals surface area contributed by atoms with Gasteiger partial charge in [0.15, 0.2) is 6.21 Å². The van der Waals surface area contributed by atoms with E-state index in [1.165, 1.54) is 43.9 Å². The maximum Gasteiger partial charge on any atom is 0.216 e. The number of benzene rings is 4. The van der Waals surface area contributed by atoms with Crippen molar-refractivity contribution in [3.63, 3.8) is 0 Å². The van der Waals surface area contributed by atoms with Gasteiger partial charge in [0.2, 0.25) is 5.69 Å². The standard InChI is InChI=1S/C34H41N7O/c1-2-21-3-5-22(6-4-21)23-7-13-28(30(36)17-23)24-8-14-29(31(37)18-24)25-19-32(38)34(33(39)20-25)40-15-16-41(42)27-11-9-26(35)10-12-27/h7-14,16-22,40H,2-6,15,35-39H2,1H3/b41-16-. The van der Waals surface area contributed by atoms with Gasteiger partial charge in [-0.1, -0.05) is 37.6 Å². The maximum atomic E-state index is 12.4. The molecule has 4 aromatic rings. The van der Waals surface area contributed by atoms with Crippen molar-refractivity contribution in [2.75, 3.05) is 40.5 Å². The molecule has 1 fully saturated rings. The van der Waals surface area contributed by atoms with Gasteiger partial charge in [0.1, 0.15) is 0 Å². The molecule has 4 aromatic carbocycles. The molecule has 0 unspecified atom stereocenters. The monoisotopic (exact) mass is 563 g/mol. The van der Waals surface area contributed by atoms with E-state index in [2.05, 4.69) is 30.4 Å². The molecule has 0 heterocycles. The van der Waals surface area contributed by atoms with E-state index in [1.54, 1.807) is 24.3 Å². The number of nitrogen functional groups attached to an aromatic ring is 5. The molecule has 0 aliphatic heterocycles. The lowest BCUT2D eigenvalue weighted by Gasteiger charge is -2.28. The SMILES string of the molecule is CCC1CCC(c2ccc(-c3ccc(-c4cc(N)c(NC/C=[N+](\[O-])c5ccc(N)cc5)c(N)c4)c(N)c3)c(N)c2)CC1. The summed E-state index contributed by atoms with van der Waals surface area (Å²) in [6.07, 6.45) is 7.81. The van der Waals surface area contributed by atoms with Crippen molar-refractivity contribution in [1.82, 2.24) is 0 Å². The second kappa shape index (κ2) is 12.3. The zero-order valence-electron chi connectivity index (χ0n) is 24.1. The summed E-state index contributed by atoms with van der Waals surface area (Å²) in [6.45, 7) is 2.53. The summed E-state index contributed by atoms with van der Waals surface area (Å²) in [7, 11) is 0. The predicted octanol–water partition coefficient (Wildman–Crippen LogP) is 6.94. The molecular formula is C34H41N7O. The molecule has 0 radical (unpaired) electrons. The minimum atomic E-state index is 0.235. The molecule has 1 aliphatic carbocycles. The van der Waals surface area contributed by atoms with Crippen molar-refractivity contribution in [3.8, 4) is 22.3 Å². The highest BCUT2D eigenvalue weighted by Crippen LogP contribution is 2.40. The van der Waals surface area contributed by atoms with Crippen molar-refractivity contribution in [2.24, 2.45) is 5.92 Å². The third kappa shape index (κ3) is 6.22. The number of anilines is 6. The summed E-state index contributed by atoms with van der Waals surface area (Å²) in [4.78, 5) is 0. The predicted molar refractivity (Wildman–Crippen MR) is 179 cm³/mol. The van der Waals surface area contributed by atoms with E-state index in [-0.39, 0.29) is 6.54 Å². The Bertz CT molecular complexity index is 1570. The smallest absolute Gasteiger partial charge is 0.216 e. The van der Waals surface area contributed by atoms with Gasteiger partial charge in [-0.3, -0.25) is 0 Å². The van der Waals surface area contributed by atoms with Crippen molar-refractivity contribution in [3.05, 3.63) is 83.6 Å². The lowest BCUT2D eigenvalue weighted by atomic mass is 9.77. The number of hydrogen-bond acceptors (Lipinski definition) is 7. The van der Waals surface area contributed by atoms with Gasteiger partial charge in [-0.05, 0) is 90.6 Å². The molecule has 0 saturated heterocycles. The minimum absolute atomic E-state index is 0.235. The molecule has 11 N–H and O–H groups in total. The second-order valence-electron chi connectivity index (χ2n) is 11.3. The van der Waals surface area contributed by atoms with Crippen molar-refractivity contribution in [2.45, 2.75) is 44.9 Å². The number of nitrogens with two attached hydrogens (primary N) is 5. The van der Waals surface area contributed by atoms with Gasteiger partial charge in [-0.25, -0.2) is 0 Å². The molecule has 0 amide bonds. The fourth-order valence-corrected chi connectivity index (χ4v) is 6.00. The maximum absolute atomic E-state index is 12.4. The van der Waals surface area contributed by atoms with Crippen molar-refractivity contribution in [1.29, 1.82) is 0 Å². The van der Waals surface area contributed by atoms with Gasteiger partial charge in [-0.15, -0.1) is 0 Å². The molecule has 5 rings (SSSR count). The zero-order valence-corrected chi connectivity index (χ0v) is 24.1. The van der Waals surface area contributed by atoms with Crippen LogP contribution >= 0.6 is 0 Å². The summed E-state index contributed by atoms with van der Waals surface area (Å²) < 4.78 is 0.771. The minimum Gasteiger partial charge on any atom is -0.618 e. The van der Waals surface area contributed by atoms with Crippen LogP contribution < -0.4 is 34.0 Å². The first-order valence-electron chi connectivity index (χ1n) is 14.6. The average Bonchev–Trinajstić information content (AvgIpc) is 2.98. The van der Waals surface area contributed by atoms with E-state index in [0.29, 0.717) is 40.0 Å². The van der Waals surface area contributed by atoms with Gasteiger partial charge in [-0.2, -0.15) is 4.74 Å². The lowest BCUT2D eigenvalue weighted by molar-refractivity contribution is -0.355. The Balaban J connectivity index is 1.30. The lowest BCUT2D eigenvalue weighted by Crippen LogP contribution is -2.12. The van der Waals surface area contributed by atoms with Crippen LogP contribution in [0.2, 0.25) is 0 Å². The molecule has 1 saturated carbocycles. The molecule has 42 heavy (non-hydrogen) atoms. The van der Waals surface area contributed by atoms with E-state index >= 15 is 0 Å². The van der Waals surface area contributed by atoms with E-state index in [9.17, 15) is 5.21 Å². The molecule has 218 valence electrons. The van der Waals surface area contributed by atoms with Crippen LogP contribution in [-0.2, 0) is 0 Å². The van der Waals surface area contributed by atoms with Crippen LogP contribution in [-0.4, -0.2) is 17.5 Å². The van der Waals surface area contributed by atoms with Gasteiger partial charge >= 0.3 is 0 Å². The fraction of sp³-hybridized carbons (Fsp3) is 0.265. The van der Waals surface area contributed by atoms with Gasteiger partial charge in [0.05, 0.1) is 23.6 Å². The third-order valence-electron chi connectivity index (χ3n) is 8.53. The summed E-state index contributed by atoms with van der Waals surface area (Å²) in [6, 6.07) is 22.8. The van der Waals surface area contributed by atoms with E-state index < -0.39 is 0 Å². The topological polar surface area (TPSA) is 168 Å². The van der Waals surface area contributed by atoms with Crippen LogP contribution in [0.3, 0.4) is 0 Å². The van der Waals surface area contributed by atoms with Crippen LogP contribution in [0.1, 0.15) is 50.5 Å². The van der Waals surface area contributed by atoms with Crippen LogP contribution in [0, 0.1) is 11.1 Å². The molecule has 1 aliphatic rings. The van der Waals surface area contributed by atoms with Crippen molar-refractivity contribution < 1.29 is 4.74 Å². The van der Waals surface area contributed by atoms with Crippen LogP contribution in [0.15, 0.2) is 72.8 Å². The average molecular weight is 564 g/mol. The normalized spacial score (nSPS) is 17.2. The summed E-state index contributed by atoms with van der Waals surface area (Å²) >= 11 is 0. The zero-order chi connectivity index (χ0) is 29.8. The van der Waals surface area contributed by atoms with Crippen molar-refractivity contribution >= 4 is 46.0 Å².